The standard InChI is InChI=1S/C14H18F3N3O4S/c1-13(2,3)24-12(23)20-6-4-19(5-7-20)11-18-9(14(15,16)17)8(25-11)10(21)22/h4-7H2,1-3H3,(H,21,22). The Labute approximate surface area is 146 Å². The number of aromatic carboxylic acids is 1. The van der Waals surface area contributed by atoms with Crippen LogP contribution < -0.4 is 4.90 Å². The molecule has 11 heteroatoms. The second-order valence-electron chi connectivity index (χ2n) is 6.43. The molecule has 1 aliphatic rings. The molecule has 0 unspecified atom stereocenters. The maximum atomic E-state index is 12.9. The van der Waals surface area contributed by atoms with Crippen LogP contribution in [-0.2, 0) is 10.9 Å². The first-order valence-electron chi connectivity index (χ1n) is 7.42. The SMILES string of the molecule is CC(C)(C)OC(=O)N1CCN(c2nc(C(F)(F)F)c(C(=O)O)s2)CC1. The van der Waals surface area contributed by atoms with E-state index in [0.29, 0.717) is 11.3 Å². The van der Waals surface area contributed by atoms with Gasteiger partial charge in [0.2, 0.25) is 0 Å². The Morgan fingerprint density at radius 3 is 2.12 bits per heavy atom. The molecule has 1 aromatic rings. The van der Waals surface area contributed by atoms with E-state index < -0.39 is 34.4 Å². The third-order valence-corrected chi connectivity index (χ3v) is 4.38. The molecule has 1 aliphatic heterocycles. The second-order valence-corrected chi connectivity index (χ2v) is 7.41. The molecule has 1 fully saturated rings. The number of carboxylic acid groups (broad SMARTS) is 1. The number of piperazine rings is 1. The highest BCUT2D eigenvalue weighted by Crippen LogP contribution is 2.37. The van der Waals surface area contributed by atoms with Crippen molar-refractivity contribution in [3.63, 3.8) is 0 Å². The number of carbonyl (C=O) groups excluding carboxylic acids is 1. The molecule has 140 valence electrons. The Bertz CT molecular complexity index is 661. The zero-order chi connectivity index (χ0) is 19.0. The van der Waals surface area contributed by atoms with Gasteiger partial charge in [-0.2, -0.15) is 13.2 Å². The molecular weight excluding hydrogens is 363 g/mol. The molecule has 0 atom stereocenters. The smallest absolute Gasteiger partial charge is 0.435 e. The zero-order valence-corrected chi connectivity index (χ0v) is 14.7. The number of carbonyl (C=O) groups is 2. The molecule has 7 nitrogen and oxygen atoms in total. The first kappa shape index (κ1) is 19.3. The number of nitrogens with zero attached hydrogens (tertiary/aromatic N) is 3. The molecule has 0 aromatic carbocycles. The van der Waals surface area contributed by atoms with Crippen molar-refractivity contribution >= 4 is 28.5 Å². The highest BCUT2D eigenvalue weighted by Gasteiger charge is 2.40. The Hall–Kier alpha value is -2.04. The Balaban J connectivity index is 2.08. The predicted octanol–water partition coefficient (Wildman–Crippen LogP) is 2.92. The molecule has 1 N–H and O–H groups in total. The van der Waals surface area contributed by atoms with E-state index in [0.717, 1.165) is 0 Å². The Morgan fingerprint density at radius 2 is 1.72 bits per heavy atom. The number of aromatic nitrogens is 1. The van der Waals surface area contributed by atoms with Crippen LogP contribution in [0.4, 0.5) is 23.1 Å². The van der Waals surface area contributed by atoms with Gasteiger partial charge in [0.15, 0.2) is 10.8 Å². The van der Waals surface area contributed by atoms with Gasteiger partial charge in [-0.05, 0) is 20.8 Å². The van der Waals surface area contributed by atoms with Crippen LogP contribution >= 0.6 is 11.3 Å². The van der Waals surface area contributed by atoms with Crippen LogP contribution in [-0.4, -0.2) is 58.8 Å². The third kappa shape index (κ3) is 4.74. The summed E-state index contributed by atoms with van der Waals surface area (Å²) in [5.74, 6) is -1.66. The van der Waals surface area contributed by atoms with Crippen LogP contribution in [0.5, 0.6) is 0 Å². The van der Waals surface area contributed by atoms with Gasteiger partial charge in [-0.15, -0.1) is 0 Å². The van der Waals surface area contributed by atoms with Crippen molar-refractivity contribution in [2.24, 2.45) is 0 Å². The van der Waals surface area contributed by atoms with Crippen LogP contribution in [0.15, 0.2) is 0 Å². The van der Waals surface area contributed by atoms with Crippen LogP contribution in [0.3, 0.4) is 0 Å². The number of ether oxygens (including phenoxy) is 1. The van der Waals surface area contributed by atoms with E-state index in [1.165, 1.54) is 9.80 Å². The summed E-state index contributed by atoms with van der Waals surface area (Å²) in [6.45, 7) is 6.19. The number of hydrogen-bond acceptors (Lipinski definition) is 6. The summed E-state index contributed by atoms with van der Waals surface area (Å²) in [5.41, 5.74) is -2.03. The minimum absolute atomic E-state index is 0.0198. The number of thiazole rings is 1. The van der Waals surface area contributed by atoms with Gasteiger partial charge in [0.1, 0.15) is 10.5 Å². The normalized spacial score (nSPS) is 16.1. The molecule has 1 amide bonds. The number of anilines is 1. The minimum Gasteiger partial charge on any atom is -0.477 e. The first-order valence-corrected chi connectivity index (χ1v) is 8.24. The number of carboxylic acids is 1. The molecule has 0 bridgehead atoms. The summed E-state index contributed by atoms with van der Waals surface area (Å²) in [6.07, 6.45) is -5.32. The number of alkyl halides is 3. The van der Waals surface area contributed by atoms with Crippen molar-refractivity contribution in [3.8, 4) is 0 Å². The van der Waals surface area contributed by atoms with E-state index in [9.17, 15) is 22.8 Å². The highest BCUT2D eigenvalue weighted by molar-refractivity contribution is 7.17. The molecule has 1 saturated heterocycles. The van der Waals surface area contributed by atoms with Crippen LogP contribution in [0, 0.1) is 0 Å². The van der Waals surface area contributed by atoms with E-state index in [-0.39, 0.29) is 31.3 Å². The predicted molar refractivity (Wildman–Crippen MR) is 84.1 cm³/mol. The molecule has 0 aliphatic carbocycles. The summed E-state index contributed by atoms with van der Waals surface area (Å²) < 4.78 is 44.0. The molecule has 2 heterocycles. The van der Waals surface area contributed by atoms with E-state index in [2.05, 4.69) is 4.98 Å². The molecule has 0 saturated carbocycles. The Morgan fingerprint density at radius 1 is 1.16 bits per heavy atom. The first-order chi connectivity index (χ1) is 11.4. The number of halogens is 3. The van der Waals surface area contributed by atoms with Crippen molar-refractivity contribution in [1.82, 2.24) is 9.88 Å². The van der Waals surface area contributed by atoms with Gasteiger partial charge < -0.3 is 19.6 Å². The average Bonchev–Trinajstić information content (AvgIpc) is 2.91. The maximum Gasteiger partial charge on any atom is 0.435 e. The van der Waals surface area contributed by atoms with Crippen molar-refractivity contribution in [2.75, 3.05) is 31.1 Å². The van der Waals surface area contributed by atoms with Crippen LogP contribution in [0.1, 0.15) is 36.1 Å². The number of amides is 1. The van der Waals surface area contributed by atoms with Gasteiger partial charge in [-0.1, -0.05) is 11.3 Å². The molecule has 0 radical (unpaired) electrons. The van der Waals surface area contributed by atoms with E-state index in [1.807, 2.05) is 0 Å². The topological polar surface area (TPSA) is 83.0 Å². The fraction of sp³-hybridized carbons (Fsp3) is 0.643. The lowest BCUT2D eigenvalue weighted by molar-refractivity contribution is -0.141. The van der Waals surface area contributed by atoms with Gasteiger partial charge in [-0.25, -0.2) is 14.6 Å². The third-order valence-electron chi connectivity index (χ3n) is 3.28. The van der Waals surface area contributed by atoms with E-state index in [1.54, 1.807) is 20.8 Å². The van der Waals surface area contributed by atoms with Gasteiger partial charge in [0, 0.05) is 26.2 Å². The highest BCUT2D eigenvalue weighted by atomic mass is 32.1. The van der Waals surface area contributed by atoms with Crippen molar-refractivity contribution < 1.29 is 32.6 Å². The average molecular weight is 381 g/mol. The van der Waals surface area contributed by atoms with E-state index in [4.69, 9.17) is 9.84 Å². The summed E-state index contributed by atoms with van der Waals surface area (Å²) in [7, 11) is 0. The van der Waals surface area contributed by atoms with Crippen molar-refractivity contribution in [1.29, 1.82) is 0 Å². The van der Waals surface area contributed by atoms with Gasteiger partial charge in [-0.3, -0.25) is 0 Å². The van der Waals surface area contributed by atoms with Crippen molar-refractivity contribution in [2.45, 2.75) is 32.5 Å². The minimum atomic E-state index is -4.83. The Kier molecular flexibility index (Phi) is 5.17. The largest absolute Gasteiger partial charge is 0.477 e. The summed E-state index contributed by atoms with van der Waals surface area (Å²) in [5, 5.41) is 8.93. The fourth-order valence-corrected chi connectivity index (χ4v) is 3.16. The molecule has 1 aromatic heterocycles. The van der Waals surface area contributed by atoms with Crippen molar-refractivity contribution in [3.05, 3.63) is 10.6 Å². The lowest BCUT2D eigenvalue weighted by atomic mass is 10.2. The second kappa shape index (κ2) is 6.70. The quantitative estimate of drug-likeness (QED) is 0.848. The van der Waals surface area contributed by atoms with Crippen LogP contribution in [0.25, 0.3) is 0 Å². The summed E-state index contributed by atoms with van der Waals surface area (Å²) >= 11 is 0.481. The fourth-order valence-electron chi connectivity index (χ4n) is 2.19. The molecular formula is C14H18F3N3O4S. The van der Waals surface area contributed by atoms with Gasteiger partial charge in [0.25, 0.3) is 0 Å². The monoisotopic (exact) mass is 381 g/mol. The van der Waals surface area contributed by atoms with Gasteiger partial charge >= 0.3 is 18.2 Å². The lowest BCUT2D eigenvalue weighted by Gasteiger charge is -2.35. The van der Waals surface area contributed by atoms with Crippen LogP contribution in [0.2, 0.25) is 0 Å². The zero-order valence-electron chi connectivity index (χ0n) is 13.9. The lowest BCUT2D eigenvalue weighted by Crippen LogP contribution is -2.50. The summed E-state index contributed by atoms with van der Waals surface area (Å²) in [4.78, 5) is 28.6. The van der Waals surface area contributed by atoms with Gasteiger partial charge in [0.05, 0.1) is 0 Å². The molecule has 2 rings (SSSR count). The molecule has 0 spiro atoms. The van der Waals surface area contributed by atoms with E-state index >= 15 is 0 Å². The number of hydrogen-bond donors (Lipinski definition) is 1. The maximum absolute atomic E-state index is 12.9. The number of rotatable bonds is 2. The molecule has 25 heavy (non-hydrogen) atoms. The summed E-state index contributed by atoms with van der Waals surface area (Å²) in [6, 6.07) is 0.